The zero-order chi connectivity index (χ0) is 23.4. The average Bonchev–Trinajstić information content (AvgIpc) is 2.46. The van der Waals surface area contributed by atoms with E-state index in [-0.39, 0.29) is 0 Å². The summed E-state index contributed by atoms with van der Waals surface area (Å²) in [5.41, 5.74) is -5.56. The number of hydrogen-bond acceptors (Lipinski definition) is 6. The van der Waals surface area contributed by atoms with Crippen LogP contribution in [0.25, 0.3) is 0 Å². The van der Waals surface area contributed by atoms with Gasteiger partial charge in [0.05, 0.1) is 0 Å². The second-order valence-electron chi connectivity index (χ2n) is 5.39. The summed E-state index contributed by atoms with van der Waals surface area (Å²) in [7, 11) is 0. The van der Waals surface area contributed by atoms with Crippen molar-refractivity contribution in [2.45, 2.75) is 49.8 Å². The smallest absolute Gasteiger partial charge is 0.411 e. The molecule has 0 aliphatic carbocycles. The van der Waals surface area contributed by atoms with Crippen LogP contribution in [0, 0.1) is 0 Å². The Bertz CT molecular complexity index is 593. The molecule has 172 valence electrons. The third-order valence-electron chi connectivity index (χ3n) is 3.08. The van der Waals surface area contributed by atoms with E-state index >= 15 is 0 Å². The molecule has 0 spiro atoms. The predicted molar refractivity (Wildman–Crippen MR) is 70.8 cm³/mol. The highest BCUT2D eigenvalue weighted by atomic mass is 19.4. The normalized spacial score (nSPS) is 18.5. The molecule has 3 atom stereocenters. The highest BCUT2D eigenvalue weighted by Gasteiger charge is 2.55. The van der Waals surface area contributed by atoms with Crippen LogP contribution in [0.4, 0.5) is 52.7 Å². The number of hydrogen-bond donors (Lipinski definition) is 4. The van der Waals surface area contributed by atoms with Crippen molar-refractivity contribution in [1.82, 2.24) is 10.6 Å². The Hall–Kier alpha value is -1.98. The molecule has 0 saturated heterocycles. The standard InChI is InChI=1S/C11H12F12N4O2/c1-3(25-5(9(15,16)17)7(27-29)11(21,22)23)2-24-4(8(12,13)14)6(26-28)10(18,19)20/h3-5,24-25,28-29H,2H2,1H3. The number of rotatable bonds is 7. The van der Waals surface area contributed by atoms with Gasteiger partial charge in [-0.25, -0.2) is 0 Å². The molecular formula is C11H12F12N4O2. The Kier molecular flexibility index (Phi) is 8.60. The van der Waals surface area contributed by atoms with Crippen LogP contribution in [-0.4, -0.2) is 71.2 Å². The summed E-state index contributed by atoms with van der Waals surface area (Å²) >= 11 is 0. The van der Waals surface area contributed by atoms with Gasteiger partial charge in [0.1, 0.15) is 0 Å². The number of oxime groups is 2. The topological polar surface area (TPSA) is 89.2 Å². The fourth-order valence-electron chi connectivity index (χ4n) is 1.89. The minimum atomic E-state index is -5.80. The van der Waals surface area contributed by atoms with E-state index in [0.717, 1.165) is 5.32 Å². The van der Waals surface area contributed by atoms with Crippen LogP contribution < -0.4 is 10.6 Å². The number of alkyl halides is 12. The first-order valence-corrected chi connectivity index (χ1v) is 6.97. The molecule has 0 bridgehead atoms. The molecular weight excluding hydrogens is 448 g/mol. The van der Waals surface area contributed by atoms with Crippen molar-refractivity contribution in [3.8, 4) is 0 Å². The number of halogens is 12. The van der Waals surface area contributed by atoms with E-state index in [4.69, 9.17) is 10.4 Å². The predicted octanol–water partition coefficient (Wildman–Crippen LogP) is 3.20. The first-order chi connectivity index (χ1) is 12.8. The Labute approximate surface area is 153 Å². The van der Waals surface area contributed by atoms with Crippen molar-refractivity contribution in [2.24, 2.45) is 10.3 Å². The Morgan fingerprint density at radius 3 is 1.34 bits per heavy atom. The van der Waals surface area contributed by atoms with Gasteiger partial charge in [0.25, 0.3) is 0 Å². The Morgan fingerprint density at radius 2 is 1.07 bits per heavy atom. The van der Waals surface area contributed by atoms with E-state index in [1.807, 2.05) is 0 Å². The van der Waals surface area contributed by atoms with Crippen LogP contribution in [-0.2, 0) is 0 Å². The van der Waals surface area contributed by atoms with Gasteiger partial charge in [0, 0.05) is 12.6 Å². The van der Waals surface area contributed by atoms with Gasteiger partial charge in [0.2, 0.25) is 0 Å². The molecule has 3 unspecified atom stereocenters. The Balaban J connectivity index is 5.55. The summed E-state index contributed by atoms with van der Waals surface area (Å²) in [4.78, 5) is 0. The second kappa shape index (κ2) is 9.23. The van der Waals surface area contributed by atoms with E-state index < -0.39 is 60.8 Å². The summed E-state index contributed by atoms with van der Waals surface area (Å²) in [6.07, 6.45) is -23.1. The van der Waals surface area contributed by atoms with Crippen molar-refractivity contribution in [3.63, 3.8) is 0 Å². The average molecular weight is 460 g/mol. The van der Waals surface area contributed by atoms with E-state index in [2.05, 4.69) is 0 Å². The SMILES string of the molecule is CC(CNC(C(=NO)C(F)(F)F)C(F)(F)F)NC(C(=NO)C(F)(F)F)C(F)(F)F. The van der Waals surface area contributed by atoms with Gasteiger partial charge in [-0.2, -0.15) is 52.7 Å². The largest absolute Gasteiger partial charge is 0.434 e. The Morgan fingerprint density at radius 1 is 0.724 bits per heavy atom. The van der Waals surface area contributed by atoms with Crippen molar-refractivity contribution in [2.75, 3.05) is 6.54 Å². The van der Waals surface area contributed by atoms with Crippen LogP contribution in [0.1, 0.15) is 6.92 Å². The molecule has 0 aliphatic heterocycles. The molecule has 0 aromatic rings. The van der Waals surface area contributed by atoms with E-state index in [1.54, 1.807) is 0 Å². The molecule has 6 nitrogen and oxygen atoms in total. The van der Waals surface area contributed by atoms with Gasteiger partial charge in [-0.15, -0.1) is 0 Å². The van der Waals surface area contributed by atoms with Crippen LogP contribution >= 0.6 is 0 Å². The maximum atomic E-state index is 12.8. The first-order valence-electron chi connectivity index (χ1n) is 6.97. The van der Waals surface area contributed by atoms with E-state index in [9.17, 15) is 52.7 Å². The molecule has 0 amide bonds. The summed E-state index contributed by atoms with van der Waals surface area (Å²) in [6.45, 7) is -0.795. The van der Waals surface area contributed by atoms with Gasteiger partial charge in [-0.3, -0.25) is 10.6 Å². The van der Waals surface area contributed by atoms with Crippen molar-refractivity contribution < 1.29 is 63.1 Å². The molecule has 18 heteroatoms. The lowest BCUT2D eigenvalue weighted by Gasteiger charge is -2.29. The zero-order valence-electron chi connectivity index (χ0n) is 13.8. The molecule has 0 radical (unpaired) electrons. The summed E-state index contributed by atoms with van der Waals surface area (Å²) in [6, 6.07) is -9.38. The van der Waals surface area contributed by atoms with Crippen LogP contribution in [0.3, 0.4) is 0 Å². The summed E-state index contributed by atoms with van der Waals surface area (Å²) < 4.78 is 152. The zero-order valence-corrected chi connectivity index (χ0v) is 13.8. The minimum Gasteiger partial charge on any atom is -0.411 e. The third-order valence-corrected chi connectivity index (χ3v) is 3.08. The fraction of sp³-hybridized carbons (Fsp3) is 0.818. The highest BCUT2D eigenvalue weighted by Crippen LogP contribution is 2.30. The molecule has 0 saturated carbocycles. The van der Waals surface area contributed by atoms with Gasteiger partial charge in [-0.05, 0) is 6.92 Å². The summed E-state index contributed by atoms with van der Waals surface area (Å²) in [5.74, 6) is 0. The maximum Gasteiger partial charge on any atom is 0.434 e. The van der Waals surface area contributed by atoms with Gasteiger partial charge in [-0.1, -0.05) is 10.3 Å². The van der Waals surface area contributed by atoms with Crippen LogP contribution in [0.15, 0.2) is 10.3 Å². The lowest BCUT2D eigenvalue weighted by atomic mass is 10.1. The van der Waals surface area contributed by atoms with Gasteiger partial charge < -0.3 is 10.4 Å². The number of nitrogens with one attached hydrogen (secondary N) is 2. The van der Waals surface area contributed by atoms with Gasteiger partial charge in [0.15, 0.2) is 23.5 Å². The molecule has 0 fully saturated rings. The van der Waals surface area contributed by atoms with Crippen molar-refractivity contribution >= 4 is 11.4 Å². The van der Waals surface area contributed by atoms with Crippen molar-refractivity contribution in [3.05, 3.63) is 0 Å². The monoisotopic (exact) mass is 460 g/mol. The number of nitrogens with zero attached hydrogens (tertiary/aromatic N) is 2. The lowest BCUT2D eigenvalue weighted by molar-refractivity contribution is -0.154. The van der Waals surface area contributed by atoms with E-state index in [1.165, 1.54) is 15.6 Å². The molecule has 0 aliphatic rings. The molecule has 0 aromatic carbocycles. The molecule has 29 heavy (non-hydrogen) atoms. The molecule has 4 N–H and O–H groups in total. The molecule has 0 heterocycles. The minimum absolute atomic E-state index is 0.605. The first kappa shape index (κ1) is 27.0. The van der Waals surface area contributed by atoms with E-state index in [0.29, 0.717) is 6.92 Å². The highest BCUT2D eigenvalue weighted by molar-refractivity contribution is 5.95. The van der Waals surface area contributed by atoms with Crippen molar-refractivity contribution in [1.29, 1.82) is 0 Å². The maximum absolute atomic E-state index is 12.8. The summed E-state index contributed by atoms with van der Waals surface area (Å²) in [5, 5.41) is 21.7. The van der Waals surface area contributed by atoms with Crippen LogP contribution in [0.2, 0.25) is 0 Å². The fourth-order valence-corrected chi connectivity index (χ4v) is 1.89. The van der Waals surface area contributed by atoms with Crippen LogP contribution in [0.5, 0.6) is 0 Å². The van der Waals surface area contributed by atoms with Gasteiger partial charge >= 0.3 is 24.7 Å². The lowest BCUT2D eigenvalue weighted by Crippen LogP contribution is -2.59. The quantitative estimate of drug-likeness (QED) is 0.203. The second-order valence-corrected chi connectivity index (χ2v) is 5.39. The third kappa shape index (κ3) is 8.11. The molecule has 0 rings (SSSR count). The molecule has 0 aromatic heterocycles.